The molecule has 0 spiro atoms. The minimum Gasteiger partial charge on any atom is -0.494 e. The van der Waals surface area contributed by atoms with E-state index in [0.717, 1.165) is 48.8 Å². The van der Waals surface area contributed by atoms with Gasteiger partial charge in [0, 0.05) is 24.0 Å². The van der Waals surface area contributed by atoms with E-state index in [-0.39, 0.29) is 5.91 Å². The van der Waals surface area contributed by atoms with E-state index in [2.05, 4.69) is 10.3 Å². The van der Waals surface area contributed by atoms with Gasteiger partial charge >= 0.3 is 0 Å². The first-order valence-electron chi connectivity index (χ1n) is 8.84. The van der Waals surface area contributed by atoms with Gasteiger partial charge in [0.1, 0.15) is 16.5 Å². The van der Waals surface area contributed by atoms with Crippen molar-refractivity contribution >= 4 is 17.2 Å². The first kappa shape index (κ1) is 17.9. The normalized spacial score (nSPS) is 15.4. The zero-order chi connectivity index (χ0) is 17.6. The van der Waals surface area contributed by atoms with E-state index in [1.54, 1.807) is 0 Å². The van der Waals surface area contributed by atoms with Gasteiger partial charge in [-0.15, -0.1) is 11.3 Å². The van der Waals surface area contributed by atoms with E-state index < -0.39 is 0 Å². The van der Waals surface area contributed by atoms with Crippen LogP contribution in [0.3, 0.4) is 0 Å². The predicted octanol–water partition coefficient (Wildman–Crippen LogP) is 3.28. The number of thiazole rings is 1. The summed E-state index contributed by atoms with van der Waals surface area (Å²) in [6.07, 6.45) is 2.12. The zero-order valence-electron chi connectivity index (χ0n) is 14.8. The molecule has 1 amide bonds. The van der Waals surface area contributed by atoms with Gasteiger partial charge in [0.15, 0.2) is 0 Å². The van der Waals surface area contributed by atoms with E-state index in [0.29, 0.717) is 18.2 Å². The van der Waals surface area contributed by atoms with Gasteiger partial charge in [-0.05, 0) is 63.5 Å². The molecule has 0 saturated carbocycles. The van der Waals surface area contributed by atoms with Crippen molar-refractivity contribution in [2.75, 3.05) is 33.3 Å². The van der Waals surface area contributed by atoms with Crippen LogP contribution in [-0.2, 0) is 0 Å². The standard InChI is InChI=1S/C19H25N3O2S/c1-3-24-16-6-4-15(5-7-16)18-21-17(13-25-18)19(23)22-10-8-14(9-11-22)12-20-2/h4-7,13-14,20H,3,8-12H2,1-2H3. The predicted molar refractivity (Wildman–Crippen MR) is 101 cm³/mol. The molecule has 6 heteroatoms. The van der Waals surface area contributed by atoms with Gasteiger partial charge in [0.05, 0.1) is 6.61 Å². The SMILES string of the molecule is CCOc1ccc(-c2nc(C(=O)N3CCC(CNC)CC3)cs2)cc1. The molecule has 3 rings (SSSR count). The molecule has 0 unspecified atom stereocenters. The van der Waals surface area contributed by atoms with Gasteiger partial charge in [0.2, 0.25) is 0 Å². The Balaban J connectivity index is 1.64. The van der Waals surface area contributed by atoms with Crippen LogP contribution in [0.5, 0.6) is 5.75 Å². The first-order chi connectivity index (χ1) is 12.2. The number of hydrogen-bond donors (Lipinski definition) is 1. The molecule has 1 aliphatic heterocycles. The van der Waals surface area contributed by atoms with Crippen LogP contribution in [-0.4, -0.2) is 49.1 Å². The van der Waals surface area contributed by atoms with Crippen molar-refractivity contribution in [2.45, 2.75) is 19.8 Å². The summed E-state index contributed by atoms with van der Waals surface area (Å²) < 4.78 is 5.46. The first-order valence-corrected chi connectivity index (χ1v) is 9.72. The summed E-state index contributed by atoms with van der Waals surface area (Å²) in [5.74, 6) is 1.57. The molecule has 0 aliphatic carbocycles. The molecule has 1 saturated heterocycles. The van der Waals surface area contributed by atoms with Crippen LogP contribution >= 0.6 is 11.3 Å². The molecule has 0 atom stereocenters. The van der Waals surface area contributed by atoms with Crippen LogP contribution in [0.1, 0.15) is 30.3 Å². The molecule has 25 heavy (non-hydrogen) atoms. The lowest BCUT2D eigenvalue weighted by Crippen LogP contribution is -2.40. The highest BCUT2D eigenvalue weighted by Crippen LogP contribution is 2.27. The molecule has 0 radical (unpaired) electrons. The number of piperidine rings is 1. The van der Waals surface area contributed by atoms with Crippen LogP contribution in [0.2, 0.25) is 0 Å². The quantitative estimate of drug-likeness (QED) is 0.860. The number of carbonyl (C=O) groups excluding carboxylic acids is 1. The minimum atomic E-state index is 0.0522. The second-order valence-electron chi connectivity index (χ2n) is 6.29. The summed E-state index contributed by atoms with van der Waals surface area (Å²) in [6, 6.07) is 7.85. The fourth-order valence-electron chi connectivity index (χ4n) is 3.16. The molecular formula is C19H25N3O2S. The number of carbonyl (C=O) groups is 1. The maximum Gasteiger partial charge on any atom is 0.273 e. The molecule has 1 aromatic heterocycles. The van der Waals surface area contributed by atoms with Crippen molar-refractivity contribution in [3.05, 3.63) is 35.3 Å². The lowest BCUT2D eigenvalue weighted by Gasteiger charge is -2.31. The molecule has 0 bridgehead atoms. The summed E-state index contributed by atoms with van der Waals surface area (Å²) in [6.45, 7) is 5.29. The Kier molecular flexibility index (Phi) is 6.04. The van der Waals surface area contributed by atoms with Gasteiger partial charge in [-0.2, -0.15) is 0 Å². The molecular weight excluding hydrogens is 334 g/mol. The lowest BCUT2D eigenvalue weighted by atomic mass is 9.97. The number of likely N-dealkylation sites (tertiary alicyclic amines) is 1. The van der Waals surface area contributed by atoms with Gasteiger partial charge in [-0.1, -0.05) is 0 Å². The van der Waals surface area contributed by atoms with E-state index >= 15 is 0 Å². The number of benzene rings is 1. The van der Waals surface area contributed by atoms with Crippen LogP contribution in [0.25, 0.3) is 10.6 Å². The lowest BCUT2D eigenvalue weighted by molar-refractivity contribution is 0.0686. The third kappa shape index (κ3) is 4.38. The van der Waals surface area contributed by atoms with Crippen LogP contribution in [0.4, 0.5) is 0 Å². The highest BCUT2D eigenvalue weighted by atomic mass is 32.1. The number of amides is 1. The van der Waals surface area contributed by atoms with Crippen LogP contribution in [0.15, 0.2) is 29.6 Å². The Bertz CT molecular complexity index is 691. The summed E-state index contributed by atoms with van der Waals surface area (Å²) in [5, 5.41) is 5.96. The second kappa shape index (κ2) is 8.45. The average Bonchev–Trinajstić information content (AvgIpc) is 3.13. The van der Waals surface area contributed by atoms with Crippen molar-refractivity contribution < 1.29 is 9.53 Å². The highest BCUT2D eigenvalue weighted by molar-refractivity contribution is 7.13. The Hall–Kier alpha value is -1.92. The Morgan fingerprint density at radius 3 is 2.68 bits per heavy atom. The topological polar surface area (TPSA) is 54.5 Å². The molecule has 5 nitrogen and oxygen atoms in total. The molecule has 1 aromatic carbocycles. The highest BCUT2D eigenvalue weighted by Gasteiger charge is 2.24. The molecule has 1 fully saturated rings. The van der Waals surface area contributed by atoms with Gasteiger partial charge in [0.25, 0.3) is 5.91 Å². The Morgan fingerprint density at radius 1 is 1.32 bits per heavy atom. The number of rotatable bonds is 6. The van der Waals surface area contributed by atoms with Crippen LogP contribution < -0.4 is 10.1 Å². The summed E-state index contributed by atoms with van der Waals surface area (Å²) in [7, 11) is 1.98. The van der Waals surface area contributed by atoms with Crippen molar-refractivity contribution in [1.82, 2.24) is 15.2 Å². The largest absolute Gasteiger partial charge is 0.494 e. The second-order valence-corrected chi connectivity index (χ2v) is 7.15. The molecule has 134 valence electrons. The maximum absolute atomic E-state index is 12.7. The Labute approximate surface area is 153 Å². The summed E-state index contributed by atoms with van der Waals surface area (Å²) in [4.78, 5) is 19.2. The molecule has 1 aliphatic rings. The van der Waals surface area contributed by atoms with Gasteiger partial charge < -0.3 is 15.0 Å². The fraction of sp³-hybridized carbons (Fsp3) is 0.474. The molecule has 2 aromatic rings. The third-order valence-electron chi connectivity index (χ3n) is 4.53. The van der Waals surface area contributed by atoms with Crippen molar-refractivity contribution in [3.8, 4) is 16.3 Å². The minimum absolute atomic E-state index is 0.0522. The number of aromatic nitrogens is 1. The van der Waals surface area contributed by atoms with Crippen LogP contribution in [0, 0.1) is 5.92 Å². The van der Waals surface area contributed by atoms with Crippen molar-refractivity contribution in [2.24, 2.45) is 5.92 Å². The molecule has 2 heterocycles. The maximum atomic E-state index is 12.7. The fourth-order valence-corrected chi connectivity index (χ4v) is 3.96. The number of nitrogens with one attached hydrogen (secondary N) is 1. The van der Waals surface area contributed by atoms with Gasteiger partial charge in [-0.3, -0.25) is 4.79 Å². The number of ether oxygens (including phenoxy) is 1. The third-order valence-corrected chi connectivity index (χ3v) is 5.42. The summed E-state index contributed by atoms with van der Waals surface area (Å²) in [5.41, 5.74) is 1.57. The average molecular weight is 359 g/mol. The molecule has 1 N–H and O–H groups in total. The Morgan fingerprint density at radius 2 is 2.04 bits per heavy atom. The number of nitrogens with zero attached hydrogens (tertiary/aromatic N) is 2. The van der Waals surface area contributed by atoms with E-state index in [1.165, 1.54) is 11.3 Å². The van der Waals surface area contributed by atoms with E-state index in [9.17, 15) is 4.79 Å². The van der Waals surface area contributed by atoms with E-state index in [4.69, 9.17) is 4.74 Å². The monoisotopic (exact) mass is 359 g/mol. The van der Waals surface area contributed by atoms with Crippen molar-refractivity contribution in [3.63, 3.8) is 0 Å². The van der Waals surface area contributed by atoms with Crippen molar-refractivity contribution in [1.29, 1.82) is 0 Å². The number of hydrogen-bond acceptors (Lipinski definition) is 5. The van der Waals surface area contributed by atoms with E-state index in [1.807, 2.05) is 48.5 Å². The smallest absolute Gasteiger partial charge is 0.273 e. The van der Waals surface area contributed by atoms with Gasteiger partial charge in [-0.25, -0.2) is 4.98 Å². The summed E-state index contributed by atoms with van der Waals surface area (Å²) >= 11 is 1.51. The zero-order valence-corrected chi connectivity index (χ0v) is 15.6.